The van der Waals surface area contributed by atoms with E-state index in [0.29, 0.717) is 5.02 Å². The van der Waals surface area contributed by atoms with Crippen molar-refractivity contribution in [2.75, 3.05) is 6.26 Å². The fraction of sp³-hybridized carbons (Fsp3) is 0.357. The maximum Gasteiger partial charge on any atom is 0.335 e. The molecule has 10 heteroatoms. The van der Waals surface area contributed by atoms with E-state index in [1.807, 2.05) is 13.8 Å². The first-order valence-corrected chi connectivity index (χ1v) is 9.53. The van der Waals surface area contributed by atoms with Crippen LogP contribution in [0.2, 0.25) is 10.0 Å². The van der Waals surface area contributed by atoms with Gasteiger partial charge < -0.3 is 9.73 Å². The highest BCUT2D eigenvalue weighted by atomic mass is 35.5. The van der Waals surface area contributed by atoms with Gasteiger partial charge in [-0.15, -0.1) is 5.10 Å². The van der Waals surface area contributed by atoms with Gasteiger partial charge in [0.2, 0.25) is 15.7 Å². The molecule has 0 aliphatic rings. The predicted molar refractivity (Wildman–Crippen MR) is 88.9 cm³/mol. The molecule has 0 aliphatic carbocycles. The first-order chi connectivity index (χ1) is 11.1. The molecule has 0 saturated carbocycles. The number of nitrogens with one attached hydrogen (secondary N) is 1. The van der Waals surface area contributed by atoms with Crippen LogP contribution in [0.1, 0.15) is 36.1 Å². The Morgan fingerprint density at radius 1 is 1.25 bits per heavy atom. The Balaban J connectivity index is 2.29. The first-order valence-electron chi connectivity index (χ1n) is 6.89. The van der Waals surface area contributed by atoms with Crippen LogP contribution in [0.3, 0.4) is 0 Å². The van der Waals surface area contributed by atoms with Crippen molar-refractivity contribution < 1.29 is 17.6 Å². The summed E-state index contributed by atoms with van der Waals surface area (Å²) < 4.78 is 28.1. The summed E-state index contributed by atoms with van der Waals surface area (Å²) in [7, 11) is -3.62. The second-order valence-electron chi connectivity index (χ2n) is 5.50. The second kappa shape index (κ2) is 7.08. The lowest BCUT2D eigenvalue weighted by molar-refractivity contribution is 0.0915. The second-order valence-corrected chi connectivity index (χ2v) is 8.23. The summed E-state index contributed by atoms with van der Waals surface area (Å²) in [6.07, 6.45) is 0.959. The van der Waals surface area contributed by atoms with Crippen molar-refractivity contribution in [3.05, 3.63) is 39.7 Å². The summed E-state index contributed by atoms with van der Waals surface area (Å²) in [5.74, 6) is -0.591. The van der Waals surface area contributed by atoms with E-state index >= 15 is 0 Å². The van der Waals surface area contributed by atoms with Crippen LogP contribution in [0.15, 0.2) is 27.8 Å². The molecule has 0 saturated heterocycles. The smallest absolute Gasteiger partial charge is 0.335 e. The zero-order valence-corrected chi connectivity index (χ0v) is 15.4. The third kappa shape index (κ3) is 4.25. The number of hydrogen-bond donors (Lipinski definition) is 1. The van der Waals surface area contributed by atoms with Crippen molar-refractivity contribution in [3.8, 4) is 0 Å². The van der Waals surface area contributed by atoms with E-state index in [1.54, 1.807) is 6.07 Å². The van der Waals surface area contributed by atoms with Crippen molar-refractivity contribution in [2.45, 2.75) is 25.1 Å². The van der Waals surface area contributed by atoms with Crippen LogP contribution >= 0.6 is 23.2 Å². The monoisotopic (exact) mass is 391 g/mol. The first kappa shape index (κ1) is 18.7. The standard InChI is InChI=1S/C14H15Cl2N3O4S/c1-7(2)11(13-18-19-14(23-13)24(3,21)22)17-12(20)9-5-4-8(15)6-10(9)16/h4-7,11H,1-3H3,(H,17,20)/t11-/m0/s1. The minimum absolute atomic E-state index is 0.00357. The molecule has 0 fully saturated rings. The van der Waals surface area contributed by atoms with E-state index < -0.39 is 27.0 Å². The number of nitrogens with zero attached hydrogens (tertiary/aromatic N) is 2. The minimum Gasteiger partial charge on any atom is -0.410 e. The van der Waals surface area contributed by atoms with E-state index in [9.17, 15) is 13.2 Å². The Hall–Kier alpha value is -1.64. The van der Waals surface area contributed by atoms with Crippen LogP contribution < -0.4 is 5.32 Å². The molecule has 0 bridgehead atoms. The number of hydrogen-bond acceptors (Lipinski definition) is 6. The molecule has 1 heterocycles. The summed E-state index contributed by atoms with van der Waals surface area (Å²) in [5.41, 5.74) is 0.231. The fourth-order valence-corrected chi connectivity index (χ4v) is 2.82. The van der Waals surface area contributed by atoms with Gasteiger partial charge in [0.15, 0.2) is 0 Å². The molecule has 2 rings (SSSR count). The van der Waals surface area contributed by atoms with Crippen LogP contribution in [0, 0.1) is 5.92 Å². The Bertz CT molecular complexity index is 865. The maximum absolute atomic E-state index is 12.4. The van der Waals surface area contributed by atoms with Crippen molar-refractivity contribution >= 4 is 38.9 Å². The summed E-state index contributed by atoms with van der Waals surface area (Å²) in [4.78, 5) is 12.4. The van der Waals surface area contributed by atoms with Crippen LogP contribution in [-0.4, -0.2) is 30.8 Å². The number of rotatable bonds is 5. The Kier molecular flexibility index (Phi) is 5.52. The average molecular weight is 392 g/mol. The largest absolute Gasteiger partial charge is 0.410 e. The zero-order valence-electron chi connectivity index (χ0n) is 13.1. The molecule has 130 valence electrons. The van der Waals surface area contributed by atoms with Gasteiger partial charge in [0.1, 0.15) is 6.04 Å². The topological polar surface area (TPSA) is 102 Å². The Morgan fingerprint density at radius 3 is 2.42 bits per heavy atom. The lowest BCUT2D eigenvalue weighted by atomic mass is 10.0. The van der Waals surface area contributed by atoms with E-state index in [1.165, 1.54) is 12.1 Å². The van der Waals surface area contributed by atoms with Gasteiger partial charge in [-0.3, -0.25) is 4.79 Å². The summed E-state index contributed by atoms with van der Waals surface area (Å²) in [6, 6.07) is 3.82. The number of benzene rings is 1. The number of carbonyl (C=O) groups excluding carboxylic acids is 1. The van der Waals surface area contributed by atoms with Crippen molar-refractivity contribution in [1.29, 1.82) is 0 Å². The normalized spacial score (nSPS) is 13.1. The van der Waals surface area contributed by atoms with Crippen LogP contribution in [0.4, 0.5) is 0 Å². The summed E-state index contributed by atoms with van der Waals surface area (Å²) in [6.45, 7) is 3.64. The van der Waals surface area contributed by atoms with Gasteiger partial charge in [-0.25, -0.2) is 8.42 Å². The van der Waals surface area contributed by atoms with Crippen LogP contribution in [0.25, 0.3) is 0 Å². The molecule has 2 aromatic rings. The number of amides is 1. The molecule has 0 unspecified atom stereocenters. The van der Waals surface area contributed by atoms with E-state index in [4.69, 9.17) is 27.6 Å². The highest BCUT2D eigenvalue weighted by molar-refractivity contribution is 7.90. The zero-order chi connectivity index (χ0) is 18.1. The predicted octanol–water partition coefficient (Wildman–Crippen LogP) is 2.91. The molecule has 24 heavy (non-hydrogen) atoms. The van der Waals surface area contributed by atoms with Crippen molar-refractivity contribution in [1.82, 2.24) is 15.5 Å². The maximum atomic E-state index is 12.4. The highest BCUT2D eigenvalue weighted by Gasteiger charge is 2.27. The molecular weight excluding hydrogens is 377 g/mol. The minimum atomic E-state index is -3.62. The van der Waals surface area contributed by atoms with Gasteiger partial charge in [0.25, 0.3) is 5.91 Å². The van der Waals surface area contributed by atoms with E-state index in [-0.39, 0.29) is 22.4 Å². The van der Waals surface area contributed by atoms with Gasteiger partial charge in [0, 0.05) is 11.3 Å². The number of carbonyl (C=O) groups is 1. The lowest BCUT2D eigenvalue weighted by Crippen LogP contribution is -2.32. The molecule has 0 aliphatic heterocycles. The number of aromatic nitrogens is 2. The molecule has 1 atom stereocenters. The van der Waals surface area contributed by atoms with Gasteiger partial charge in [-0.2, -0.15) is 0 Å². The third-order valence-corrected chi connectivity index (χ3v) is 4.48. The fourth-order valence-electron chi connectivity index (χ4n) is 1.90. The lowest BCUT2D eigenvalue weighted by Gasteiger charge is -2.19. The van der Waals surface area contributed by atoms with Gasteiger partial charge in [0.05, 0.1) is 10.6 Å². The van der Waals surface area contributed by atoms with Gasteiger partial charge >= 0.3 is 5.22 Å². The van der Waals surface area contributed by atoms with Crippen molar-refractivity contribution in [3.63, 3.8) is 0 Å². The molecule has 0 radical (unpaired) electrons. The molecule has 1 aromatic carbocycles. The average Bonchev–Trinajstić information content (AvgIpc) is 2.93. The third-order valence-electron chi connectivity index (χ3n) is 3.13. The van der Waals surface area contributed by atoms with Gasteiger partial charge in [-0.05, 0) is 24.1 Å². The SMILES string of the molecule is CC(C)[C@H](NC(=O)c1ccc(Cl)cc1Cl)c1nnc(S(C)(=O)=O)o1. The quantitative estimate of drug-likeness (QED) is 0.840. The Morgan fingerprint density at radius 2 is 1.92 bits per heavy atom. The van der Waals surface area contributed by atoms with E-state index in [2.05, 4.69) is 15.5 Å². The summed E-state index contributed by atoms with van der Waals surface area (Å²) in [5, 5.41) is 10.0. The van der Waals surface area contributed by atoms with Crippen LogP contribution in [-0.2, 0) is 9.84 Å². The van der Waals surface area contributed by atoms with E-state index in [0.717, 1.165) is 6.26 Å². The molecule has 7 nitrogen and oxygen atoms in total. The number of sulfone groups is 1. The van der Waals surface area contributed by atoms with Crippen molar-refractivity contribution in [2.24, 2.45) is 5.92 Å². The molecule has 1 aromatic heterocycles. The van der Waals surface area contributed by atoms with Gasteiger partial charge in [-0.1, -0.05) is 42.1 Å². The number of halogens is 2. The van der Waals surface area contributed by atoms with Crippen LogP contribution in [0.5, 0.6) is 0 Å². The molecule has 0 spiro atoms. The molecule has 1 N–H and O–H groups in total. The Labute approximate surface area is 149 Å². The highest BCUT2D eigenvalue weighted by Crippen LogP contribution is 2.25. The molecular formula is C14H15Cl2N3O4S. The molecule has 1 amide bonds. The summed E-state index contributed by atoms with van der Waals surface area (Å²) >= 11 is 11.8.